The number of benzene rings is 1. The number of aryl methyl sites for hydroxylation is 1. The molecule has 0 saturated heterocycles. The minimum absolute atomic E-state index is 0.0486. The van der Waals surface area contributed by atoms with Crippen molar-refractivity contribution >= 4 is 26.8 Å². The molecule has 0 radical (unpaired) electrons. The Bertz CT molecular complexity index is 649. The first kappa shape index (κ1) is 10.9. The smallest absolute Gasteiger partial charge is 0.260 e. The Labute approximate surface area is 101 Å². The van der Waals surface area contributed by atoms with Gasteiger partial charge in [0.2, 0.25) is 0 Å². The highest BCUT2D eigenvalue weighted by atomic mass is 79.9. The molecule has 1 aromatic heterocycles. The van der Waals surface area contributed by atoms with Crippen LogP contribution in [0.15, 0.2) is 29.3 Å². The summed E-state index contributed by atoms with van der Waals surface area (Å²) >= 11 is 3.23. The number of hydrogen-bond donors (Lipinski definition) is 0. The van der Waals surface area contributed by atoms with Crippen LogP contribution in [0, 0.1) is 11.8 Å². The Morgan fingerprint density at radius 3 is 3.06 bits per heavy atom. The molecule has 0 aliphatic carbocycles. The van der Waals surface area contributed by atoms with Gasteiger partial charge in [0.15, 0.2) is 0 Å². The summed E-state index contributed by atoms with van der Waals surface area (Å²) in [7, 11) is 1.69. The molecule has 2 rings (SSSR count). The molecular weight excluding hydrogens is 268 g/mol. The number of aromatic nitrogens is 2. The molecule has 2 aromatic rings. The third-order valence-corrected chi connectivity index (χ3v) is 2.50. The quantitative estimate of drug-likeness (QED) is 0.542. The molecule has 0 saturated carbocycles. The molecule has 0 unspecified atom stereocenters. The van der Waals surface area contributed by atoms with Crippen LogP contribution in [0.3, 0.4) is 0 Å². The van der Waals surface area contributed by atoms with E-state index in [0.29, 0.717) is 16.2 Å². The first-order valence-electron chi connectivity index (χ1n) is 4.72. The summed E-state index contributed by atoms with van der Waals surface area (Å²) in [5.74, 6) is 5.86. The Morgan fingerprint density at radius 2 is 2.31 bits per heavy atom. The molecule has 0 spiro atoms. The van der Waals surface area contributed by atoms with Crippen molar-refractivity contribution in [2.24, 2.45) is 7.05 Å². The summed E-state index contributed by atoms with van der Waals surface area (Å²) in [6, 6.07) is 5.46. The molecule has 0 N–H and O–H groups in total. The topological polar surface area (TPSA) is 34.9 Å². The molecule has 3 nitrogen and oxygen atoms in total. The standard InChI is InChI=1S/C12H9BrN2O/c1-15-8-14-11-5-4-9(3-2-6-13)7-10(11)12(15)16/h4-5,7-8H,6H2,1H3. The largest absolute Gasteiger partial charge is 0.302 e. The van der Waals surface area contributed by atoms with Crippen molar-refractivity contribution in [1.82, 2.24) is 9.55 Å². The minimum Gasteiger partial charge on any atom is -0.302 e. The van der Waals surface area contributed by atoms with Crippen molar-refractivity contribution in [3.63, 3.8) is 0 Å². The summed E-state index contributed by atoms with van der Waals surface area (Å²) in [6.45, 7) is 0. The van der Waals surface area contributed by atoms with Crippen molar-refractivity contribution in [2.75, 3.05) is 5.33 Å². The second-order valence-electron chi connectivity index (χ2n) is 3.33. The maximum Gasteiger partial charge on any atom is 0.260 e. The number of fused-ring (bicyclic) bond motifs is 1. The van der Waals surface area contributed by atoms with Gasteiger partial charge in [-0.1, -0.05) is 27.8 Å². The van der Waals surface area contributed by atoms with Gasteiger partial charge in [0.25, 0.3) is 5.56 Å². The van der Waals surface area contributed by atoms with Gasteiger partial charge in [0, 0.05) is 12.6 Å². The normalized spacial score (nSPS) is 9.88. The molecular formula is C12H9BrN2O. The van der Waals surface area contributed by atoms with Gasteiger partial charge in [-0.25, -0.2) is 4.98 Å². The monoisotopic (exact) mass is 276 g/mol. The number of halogens is 1. The summed E-state index contributed by atoms with van der Waals surface area (Å²) in [5, 5.41) is 1.22. The fraction of sp³-hybridized carbons (Fsp3) is 0.167. The van der Waals surface area contributed by atoms with Crippen LogP contribution in [0.4, 0.5) is 0 Å². The van der Waals surface area contributed by atoms with E-state index in [9.17, 15) is 4.79 Å². The van der Waals surface area contributed by atoms with Crippen molar-refractivity contribution in [3.8, 4) is 11.8 Å². The fourth-order valence-corrected chi connectivity index (χ4v) is 1.56. The lowest BCUT2D eigenvalue weighted by atomic mass is 10.1. The highest BCUT2D eigenvalue weighted by molar-refractivity contribution is 9.09. The van der Waals surface area contributed by atoms with Crippen molar-refractivity contribution in [1.29, 1.82) is 0 Å². The first-order chi connectivity index (χ1) is 7.72. The van der Waals surface area contributed by atoms with E-state index in [1.54, 1.807) is 13.1 Å². The van der Waals surface area contributed by atoms with E-state index in [2.05, 4.69) is 32.8 Å². The van der Waals surface area contributed by atoms with Gasteiger partial charge in [-0.05, 0) is 18.2 Å². The summed E-state index contributed by atoms with van der Waals surface area (Å²) in [5.41, 5.74) is 1.48. The molecule has 16 heavy (non-hydrogen) atoms. The van der Waals surface area contributed by atoms with Crippen molar-refractivity contribution < 1.29 is 0 Å². The van der Waals surface area contributed by atoms with E-state index in [1.807, 2.05) is 12.1 Å². The number of rotatable bonds is 0. The molecule has 0 aliphatic heterocycles. The van der Waals surface area contributed by atoms with Crippen LogP contribution in [-0.2, 0) is 7.05 Å². The fourth-order valence-electron chi connectivity index (χ4n) is 1.42. The van der Waals surface area contributed by atoms with E-state index in [1.165, 1.54) is 10.9 Å². The SMILES string of the molecule is Cn1cnc2ccc(C#CCBr)cc2c1=O. The molecule has 0 atom stereocenters. The first-order valence-corrected chi connectivity index (χ1v) is 5.85. The van der Waals surface area contributed by atoms with E-state index in [-0.39, 0.29) is 5.56 Å². The average molecular weight is 277 g/mol. The second-order valence-corrected chi connectivity index (χ2v) is 3.89. The summed E-state index contributed by atoms with van der Waals surface area (Å²) < 4.78 is 1.46. The zero-order valence-electron chi connectivity index (χ0n) is 8.70. The summed E-state index contributed by atoms with van der Waals surface area (Å²) in [6.07, 6.45) is 1.52. The maximum absolute atomic E-state index is 11.8. The van der Waals surface area contributed by atoms with Gasteiger partial charge in [0.1, 0.15) is 0 Å². The number of alkyl halides is 1. The van der Waals surface area contributed by atoms with Gasteiger partial charge in [-0.3, -0.25) is 4.79 Å². The number of hydrogen-bond acceptors (Lipinski definition) is 2. The minimum atomic E-state index is -0.0486. The third kappa shape index (κ3) is 2.00. The molecule has 0 fully saturated rings. The second kappa shape index (κ2) is 4.50. The molecule has 4 heteroatoms. The van der Waals surface area contributed by atoms with E-state index < -0.39 is 0 Å². The molecule has 0 bridgehead atoms. The van der Waals surface area contributed by atoms with Gasteiger partial charge in [-0.15, -0.1) is 0 Å². The Balaban J connectivity index is 2.69. The molecule has 1 aromatic carbocycles. The summed E-state index contributed by atoms with van der Waals surface area (Å²) in [4.78, 5) is 16.0. The lowest BCUT2D eigenvalue weighted by Crippen LogP contribution is -2.16. The van der Waals surface area contributed by atoms with Crippen LogP contribution in [0.25, 0.3) is 10.9 Å². The van der Waals surface area contributed by atoms with E-state index in [4.69, 9.17) is 0 Å². The molecule has 80 valence electrons. The van der Waals surface area contributed by atoms with Gasteiger partial charge in [-0.2, -0.15) is 0 Å². The van der Waals surface area contributed by atoms with E-state index >= 15 is 0 Å². The zero-order chi connectivity index (χ0) is 11.5. The van der Waals surface area contributed by atoms with Crippen molar-refractivity contribution in [3.05, 3.63) is 40.4 Å². The highest BCUT2D eigenvalue weighted by Gasteiger charge is 2.01. The maximum atomic E-state index is 11.8. The van der Waals surface area contributed by atoms with Gasteiger partial charge in [0.05, 0.1) is 22.6 Å². The predicted molar refractivity (Wildman–Crippen MR) is 67.7 cm³/mol. The molecule has 0 aliphatic rings. The average Bonchev–Trinajstić information content (AvgIpc) is 2.31. The molecule has 0 amide bonds. The Morgan fingerprint density at radius 1 is 1.50 bits per heavy atom. The Kier molecular flexibility index (Phi) is 3.07. The van der Waals surface area contributed by atoms with Gasteiger partial charge < -0.3 is 4.57 Å². The van der Waals surface area contributed by atoms with E-state index in [0.717, 1.165) is 5.56 Å². The zero-order valence-corrected chi connectivity index (χ0v) is 10.3. The third-order valence-electron chi connectivity index (χ3n) is 2.22. The predicted octanol–water partition coefficient (Wildman–Crippen LogP) is 1.68. The number of nitrogens with zero attached hydrogens (tertiary/aromatic N) is 2. The van der Waals surface area contributed by atoms with Crippen LogP contribution >= 0.6 is 15.9 Å². The van der Waals surface area contributed by atoms with Crippen LogP contribution in [0.5, 0.6) is 0 Å². The lowest BCUT2D eigenvalue weighted by Gasteiger charge is -2.00. The van der Waals surface area contributed by atoms with Crippen LogP contribution in [-0.4, -0.2) is 14.9 Å². The highest BCUT2D eigenvalue weighted by Crippen LogP contribution is 2.08. The van der Waals surface area contributed by atoms with Crippen LogP contribution < -0.4 is 5.56 Å². The van der Waals surface area contributed by atoms with Crippen LogP contribution in [0.2, 0.25) is 0 Å². The van der Waals surface area contributed by atoms with Crippen molar-refractivity contribution in [2.45, 2.75) is 0 Å². The van der Waals surface area contributed by atoms with Crippen LogP contribution in [0.1, 0.15) is 5.56 Å². The van der Waals surface area contributed by atoms with Gasteiger partial charge >= 0.3 is 0 Å². The lowest BCUT2D eigenvalue weighted by molar-refractivity contribution is 0.843. The molecule has 1 heterocycles. The Hall–Kier alpha value is -1.60.